The summed E-state index contributed by atoms with van der Waals surface area (Å²) < 4.78 is 0. The van der Waals surface area contributed by atoms with E-state index in [1.807, 2.05) is 30.3 Å². The van der Waals surface area contributed by atoms with Crippen LogP contribution in [0.5, 0.6) is 0 Å². The van der Waals surface area contributed by atoms with Gasteiger partial charge in [0.15, 0.2) is 0 Å². The van der Waals surface area contributed by atoms with E-state index < -0.39 is 6.03 Å². The minimum absolute atomic E-state index is 0.0397. The zero-order chi connectivity index (χ0) is 17.5. The number of benzene rings is 2. The largest absolute Gasteiger partial charge is 0.351 e. The Bertz CT molecular complexity index is 682. The van der Waals surface area contributed by atoms with Crippen LogP contribution in [0.4, 0.5) is 10.5 Å². The van der Waals surface area contributed by atoms with Gasteiger partial charge in [-0.25, -0.2) is 4.79 Å². The summed E-state index contributed by atoms with van der Waals surface area (Å²) >= 11 is 0. The molecule has 3 amide bonds. The van der Waals surface area contributed by atoms with E-state index in [1.54, 1.807) is 24.3 Å². The standard InChI is InChI=1S/C19H23N3O2/c1-13(2)12-17(14-6-4-3-5-7-14)22-18(23)15-8-10-16(11-9-15)21-19(20)24/h3-11,13,17H,12H2,1-2H3,(H,22,23)(H3,20,21,24). The average molecular weight is 325 g/mol. The van der Waals surface area contributed by atoms with E-state index >= 15 is 0 Å². The SMILES string of the molecule is CC(C)CC(NC(=O)c1ccc(NC(N)=O)cc1)c1ccccc1. The average Bonchev–Trinajstić information content (AvgIpc) is 2.54. The molecule has 4 N–H and O–H groups in total. The highest BCUT2D eigenvalue weighted by molar-refractivity contribution is 5.95. The molecule has 0 heterocycles. The van der Waals surface area contributed by atoms with Crippen molar-refractivity contribution in [1.82, 2.24) is 5.32 Å². The first-order valence-electron chi connectivity index (χ1n) is 7.98. The highest BCUT2D eigenvalue weighted by Crippen LogP contribution is 2.22. The summed E-state index contributed by atoms with van der Waals surface area (Å²) in [6, 6.07) is 15.9. The number of carbonyl (C=O) groups excluding carboxylic acids is 2. The summed E-state index contributed by atoms with van der Waals surface area (Å²) in [5.74, 6) is 0.313. The molecular formula is C19H23N3O2. The Morgan fingerprint density at radius 1 is 1.00 bits per heavy atom. The summed E-state index contributed by atoms with van der Waals surface area (Å²) in [6.07, 6.45) is 0.858. The number of rotatable bonds is 6. The number of hydrogen-bond acceptors (Lipinski definition) is 2. The molecule has 0 bridgehead atoms. The van der Waals surface area contributed by atoms with Crippen molar-refractivity contribution in [3.63, 3.8) is 0 Å². The van der Waals surface area contributed by atoms with Crippen molar-refractivity contribution in [2.75, 3.05) is 5.32 Å². The van der Waals surface area contributed by atoms with Gasteiger partial charge in [0.05, 0.1) is 6.04 Å². The van der Waals surface area contributed by atoms with Gasteiger partial charge >= 0.3 is 6.03 Å². The number of nitrogens with one attached hydrogen (secondary N) is 2. The lowest BCUT2D eigenvalue weighted by molar-refractivity contribution is 0.0932. The van der Waals surface area contributed by atoms with Crippen LogP contribution in [0.3, 0.4) is 0 Å². The first-order chi connectivity index (χ1) is 11.5. The molecular weight excluding hydrogens is 302 g/mol. The van der Waals surface area contributed by atoms with Gasteiger partial charge in [-0.3, -0.25) is 4.79 Å². The van der Waals surface area contributed by atoms with Crippen LogP contribution in [-0.2, 0) is 0 Å². The topological polar surface area (TPSA) is 84.2 Å². The van der Waals surface area contributed by atoms with Crippen LogP contribution in [0.2, 0.25) is 0 Å². The first-order valence-corrected chi connectivity index (χ1v) is 7.98. The highest BCUT2D eigenvalue weighted by Gasteiger charge is 2.17. The fourth-order valence-electron chi connectivity index (χ4n) is 2.52. The van der Waals surface area contributed by atoms with E-state index in [0.717, 1.165) is 12.0 Å². The smallest absolute Gasteiger partial charge is 0.316 e. The van der Waals surface area contributed by atoms with Gasteiger partial charge in [0, 0.05) is 11.3 Å². The zero-order valence-electron chi connectivity index (χ0n) is 14.0. The first kappa shape index (κ1) is 17.5. The minimum Gasteiger partial charge on any atom is -0.351 e. The molecule has 2 aromatic rings. The quantitative estimate of drug-likeness (QED) is 0.756. The third kappa shape index (κ3) is 5.12. The minimum atomic E-state index is -0.631. The number of carbonyl (C=O) groups is 2. The van der Waals surface area contributed by atoms with Crippen molar-refractivity contribution < 1.29 is 9.59 Å². The number of urea groups is 1. The van der Waals surface area contributed by atoms with Gasteiger partial charge in [-0.05, 0) is 42.2 Å². The summed E-state index contributed by atoms with van der Waals surface area (Å²) in [4.78, 5) is 23.3. The molecule has 0 aliphatic carbocycles. The lowest BCUT2D eigenvalue weighted by Gasteiger charge is -2.21. The summed E-state index contributed by atoms with van der Waals surface area (Å²) in [5.41, 5.74) is 7.25. The number of anilines is 1. The van der Waals surface area contributed by atoms with E-state index in [1.165, 1.54) is 0 Å². The molecule has 0 saturated heterocycles. The summed E-state index contributed by atoms with van der Waals surface area (Å²) in [6.45, 7) is 4.26. The molecule has 24 heavy (non-hydrogen) atoms. The Morgan fingerprint density at radius 3 is 2.17 bits per heavy atom. The van der Waals surface area contributed by atoms with Crippen molar-refractivity contribution in [2.45, 2.75) is 26.3 Å². The molecule has 1 atom stereocenters. The van der Waals surface area contributed by atoms with Crippen LogP contribution in [0.15, 0.2) is 54.6 Å². The van der Waals surface area contributed by atoms with E-state index in [9.17, 15) is 9.59 Å². The van der Waals surface area contributed by atoms with E-state index in [4.69, 9.17) is 5.73 Å². The Morgan fingerprint density at radius 2 is 1.62 bits per heavy atom. The van der Waals surface area contributed by atoms with Crippen molar-refractivity contribution >= 4 is 17.6 Å². The maximum atomic E-state index is 12.5. The number of amides is 3. The second-order valence-electron chi connectivity index (χ2n) is 6.13. The molecule has 0 aliphatic rings. The summed E-state index contributed by atoms with van der Waals surface area (Å²) in [7, 11) is 0. The molecule has 2 rings (SSSR count). The molecule has 0 fully saturated rings. The molecule has 126 valence electrons. The van der Waals surface area contributed by atoms with Gasteiger partial charge in [0.2, 0.25) is 0 Å². The molecule has 0 radical (unpaired) electrons. The monoisotopic (exact) mass is 325 g/mol. The summed E-state index contributed by atoms with van der Waals surface area (Å²) in [5, 5.41) is 5.56. The van der Waals surface area contributed by atoms with Crippen LogP contribution in [-0.4, -0.2) is 11.9 Å². The van der Waals surface area contributed by atoms with Gasteiger partial charge < -0.3 is 16.4 Å². The van der Waals surface area contributed by atoms with Crippen molar-refractivity contribution in [3.05, 3.63) is 65.7 Å². The van der Waals surface area contributed by atoms with E-state index in [-0.39, 0.29) is 11.9 Å². The molecule has 0 saturated carbocycles. The number of primary amides is 1. The molecule has 5 nitrogen and oxygen atoms in total. The molecule has 5 heteroatoms. The Balaban J connectivity index is 2.11. The number of hydrogen-bond donors (Lipinski definition) is 3. The predicted molar refractivity (Wildman–Crippen MR) is 95.8 cm³/mol. The molecule has 2 aromatic carbocycles. The van der Waals surface area contributed by atoms with Gasteiger partial charge in [0.1, 0.15) is 0 Å². The molecule has 0 aliphatic heterocycles. The maximum absolute atomic E-state index is 12.5. The molecule has 0 aromatic heterocycles. The fourth-order valence-corrected chi connectivity index (χ4v) is 2.52. The van der Waals surface area contributed by atoms with Crippen molar-refractivity contribution in [2.24, 2.45) is 11.7 Å². The lowest BCUT2D eigenvalue weighted by Crippen LogP contribution is -2.29. The van der Waals surface area contributed by atoms with Crippen LogP contribution in [0.1, 0.15) is 42.2 Å². The third-order valence-electron chi connectivity index (χ3n) is 3.63. The zero-order valence-corrected chi connectivity index (χ0v) is 14.0. The fraction of sp³-hybridized carbons (Fsp3) is 0.263. The maximum Gasteiger partial charge on any atom is 0.316 e. The van der Waals surface area contributed by atoms with Gasteiger partial charge in [-0.1, -0.05) is 44.2 Å². The Hall–Kier alpha value is -2.82. The Kier molecular flexibility index (Phi) is 5.95. The molecule has 1 unspecified atom stereocenters. The van der Waals surface area contributed by atoms with Crippen molar-refractivity contribution in [1.29, 1.82) is 0 Å². The van der Waals surface area contributed by atoms with Crippen molar-refractivity contribution in [3.8, 4) is 0 Å². The lowest BCUT2D eigenvalue weighted by atomic mass is 9.96. The Labute approximate surface area is 142 Å². The second-order valence-corrected chi connectivity index (χ2v) is 6.13. The van der Waals surface area contributed by atoms with Gasteiger partial charge in [-0.15, -0.1) is 0 Å². The van der Waals surface area contributed by atoms with Crippen LogP contribution in [0.25, 0.3) is 0 Å². The second kappa shape index (κ2) is 8.15. The number of nitrogens with two attached hydrogens (primary N) is 1. The third-order valence-corrected chi connectivity index (χ3v) is 3.63. The van der Waals surface area contributed by atoms with Gasteiger partial charge in [-0.2, -0.15) is 0 Å². The normalized spacial score (nSPS) is 11.8. The molecule has 0 spiro atoms. The van der Waals surface area contributed by atoms with Crippen LogP contribution in [0, 0.1) is 5.92 Å². The predicted octanol–water partition coefficient (Wildman–Crippen LogP) is 3.69. The van der Waals surface area contributed by atoms with Crippen LogP contribution < -0.4 is 16.4 Å². The van der Waals surface area contributed by atoms with E-state index in [2.05, 4.69) is 24.5 Å². The van der Waals surface area contributed by atoms with Gasteiger partial charge in [0.25, 0.3) is 5.91 Å². The van der Waals surface area contributed by atoms with E-state index in [0.29, 0.717) is 17.2 Å². The highest BCUT2D eigenvalue weighted by atomic mass is 16.2. The van der Waals surface area contributed by atoms with Crippen LogP contribution >= 0.6 is 0 Å².